The number of carbonyl (C=O) groups excluding carboxylic acids is 1. The number of nitrogens with one attached hydrogen (secondary N) is 1. The number of sulfonamides is 1. The van der Waals surface area contributed by atoms with E-state index in [1.54, 1.807) is 6.92 Å². The van der Waals surface area contributed by atoms with Crippen LogP contribution in [0.2, 0.25) is 0 Å². The van der Waals surface area contributed by atoms with Crippen molar-refractivity contribution >= 4 is 21.7 Å². The number of aliphatic hydroxyl groups excluding tert-OH is 2. The fraction of sp³-hybridized carbons (Fsp3) is 0.654. The van der Waals surface area contributed by atoms with Gasteiger partial charge >= 0.3 is 5.97 Å². The summed E-state index contributed by atoms with van der Waals surface area (Å²) in [4.78, 5) is 12.8. The number of halogens is 1. The maximum Gasteiger partial charge on any atom is 0.335 e. The molecule has 37 heavy (non-hydrogen) atoms. The van der Waals surface area contributed by atoms with Gasteiger partial charge in [-0.1, -0.05) is 32.6 Å². The molecule has 1 saturated heterocycles. The Kier molecular flexibility index (Phi) is 10.5. The van der Waals surface area contributed by atoms with E-state index in [9.17, 15) is 27.8 Å². The number of aryl methyl sites for hydroxylation is 1. The van der Waals surface area contributed by atoms with Crippen LogP contribution in [0.1, 0.15) is 64.4 Å². The molecular formula is C26H38FNO8S. The summed E-state index contributed by atoms with van der Waals surface area (Å²) in [6.07, 6.45) is 5.21. The van der Waals surface area contributed by atoms with Gasteiger partial charge in [0.1, 0.15) is 23.3 Å². The van der Waals surface area contributed by atoms with Gasteiger partial charge < -0.3 is 24.4 Å². The molecule has 0 amide bonds. The standard InChI is InChI=1S/C26H38FNO8S/c1-3-5-6-7-8-9-18-14-19(27)10-11-21(18)28-37(32,33)24-12-13-26(15-20(24)25(31)34-4-2)35-22(16-29)23(17-30)36-26/h10-11,14-15,22-24,28-30H,3-9,12-13,16-17H2,1-2H3. The highest BCUT2D eigenvalue weighted by molar-refractivity contribution is 7.93. The molecule has 3 atom stereocenters. The molecule has 0 radical (unpaired) electrons. The summed E-state index contributed by atoms with van der Waals surface area (Å²) >= 11 is 0. The molecule has 3 rings (SSSR count). The number of ether oxygens (including phenoxy) is 3. The first-order valence-electron chi connectivity index (χ1n) is 13.0. The average Bonchev–Trinajstić information content (AvgIpc) is 3.22. The quantitative estimate of drug-likeness (QED) is 0.255. The SMILES string of the molecule is CCCCCCCc1cc(F)ccc1NS(=O)(=O)C1CCC2(C=C1C(=O)OCC)OC(CO)C(CO)O2. The van der Waals surface area contributed by atoms with Crippen molar-refractivity contribution in [3.05, 3.63) is 41.2 Å². The first-order valence-corrected chi connectivity index (χ1v) is 14.5. The van der Waals surface area contributed by atoms with Gasteiger partial charge in [-0.15, -0.1) is 0 Å². The minimum atomic E-state index is -4.16. The molecule has 1 fully saturated rings. The zero-order chi connectivity index (χ0) is 27.1. The highest BCUT2D eigenvalue weighted by atomic mass is 32.2. The Labute approximate surface area is 218 Å². The fourth-order valence-corrected chi connectivity index (χ4v) is 6.39. The van der Waals surface area contributed by atoms with E-state index in [0.717, 1.165) is 32.1 Å². The second-order valence-corrected chi connectivity index (χ2v) is 11.3. The molecule has 9 nitrogen and oxygen atoms in total. The van der Waals surface area contributed by atoms with Crippen molar-refractivity contribution < 1.29 is 42.0 Å². The van der Waals surface area contributed by atoms with Crippen molar-refractivity contribution in [3.8, 4) is 0 Å². The highest BCUT2D eigenvalue weighted by Crippen LogP contribution is 2.41. The fourth-order valence-electron chi connectivity index (χ4n) is 4.82. The Morgan fingerprint density at radius 1 is 1.14 bits per heavy atom. The molecular weight excluding hydrogens is 505 g/mol. The number of anilines is 1. The zero-order valence-corrected chi connectivity index (χ0v) is 22.3. The number of aliphatic hydroxyl groups is 2. The molecule has 1 aliphatic carbocycles. The first kappa shape index (κ1) is 29.5. The molecule has 1 aromatic carbocycles. The summed E-state index contributed by atoms with van der Waals surface area (Å²) in [6.45, 7) is 2.93. The molecule has 0 bridgehead atoms. The number of carbonyl (C=O) groups is 1. The Morgan fingerprint density at radius 3 is 2.43 bits per heavy atom. The molecule has 1 heterocycles. The van der Waals surface area contributed by atoms with Crippen LogP contribution in [-0.4, -0.2) is 67.7 Å². The second kappa shape index (κ2) is 13.1. The lowest BCUT2D eigenvalue weighted by molar-refractivity contribution is -0.154. The first-order chi connectivity index (χ1) is 17.7. The summed E-state index contributed by atoms with van der Waals surface area (Å²) in [6, 6.07) is 3.92. The van der Waals surface area contributed by atoms with Crippen molar-refractivity contribution in [1.29, 1.82) is 0 Å². The van der Waals surface area contributed by atoms with Crippen LogP contribution in [-0.2, 0) is 35.4 Å². The van der Waals surface area contributed by atoms with Gasteiger partial charge in [-0.2, -0.15) is 0 Å². The van der Waals surface area contributed by atoms with Gasteiger partial charge in [-0.25, -0.2) is 17.6 Å². The smallest absolute Gasteiger partial charge is 0.335 e. The molecule has 2 aliphatic rings. The predicted octanol–water partition coefficient (Wildman–Crippen LogP) is 3.20. The summed E-state index contributed by atoms with van der Waals surface area (Å²) < 4.78 is 60.4. The van der Waals surface area contributed by atoms with Crippen molar-refractivity contribution in [2.45, 2.75) is 88.5 Å². The van der Waals surface area contributed by atoms with Crippen LogP contribution in [0.5, 0.6) is 0 Å². The topological polar surface area (TPSA) is 131 Å². The molecule has 1 aromatic rings. The molecule has 3 unspecified atom stereocenters. The van der Waals surface area contributed by atoms with Gasteiger partial charge in [0.05, 0.1) is 31.1 Å². The molecule has 0 aromatic heterocycles. The Balaban J connectivity index is 1.86. The number of rotatable bonds is 13. The van der Waals surface area contributed by atoms with E-state index >= 15 is 0 Å². The third-order valence-electron chi connectivity index (χ3n) is 6.71. The zero-order valence-electron chi connectivity index (χ0n) is 21.4. The normalized spacial score (nSPS) is 25.8. The van der Waals surface area contributed by atoms with Crippen molar-refractivity contribution in [2.24, 2.45) is 0 Å². The summed E-state index contributed by atoms with van der Waals surface area (Å²) in [5.41, 5.74) is 0.668. The number of esters is 1. The lowest BCUT2D eigenvalue weighted by Crippen LogP contribution is -2.43. The summed E-state index contributed by atoms with van der Waals surface area (Å²) in [7, 11) is -4.16. The molecule has 11 heteroatoms. The third-order valence-corrected chi connectivity index (χ3v) is 8.45. The van der Waals surface area contributed by atoms with E-state index in [-0.39, 0.29) is 30.7 Å². The lowest BCUT2D eigenvalue weighted by Gasteiger charge is -2.33. The Morgan fingerprint density at radius 2 is 1.81 bits per heavy atom. The van der Waals surface area contributed by atoms with Gasteiger partial charge in [0.15, 0.2) is 5.79 Å². The van der Waals surface area contributed by atoms with E-state index in [4.69, 9.17) is 14.2 Å². The molecule has 208 valence electrons. The van der Waals surface area contributed by atoms with Gasteiger partial charge in [-0.3, -0.25) is 4.72 Å². The number of unbranched alkanes of at least 4 members (excludes halogenated alkanes) is 4. The Bertz CT molecular complexity index is 1050. The van der Waals surface area contributed by atoms with Gasteiger partial charge in [-0.05, 0) is 56.0 Å². The number of hydrogen-bond donors (Lipinski definition) is 3. The van der Waals surface area contributed by atoms with E-state index in [1.807, 2.05) is 0 Å². The van der Waals surface area contributed by atoms with Gasteiger partial charge in [0, 0.05) is 6.42 Å². The second-order valence-electron chi connectivity index (χ2n) is 9.45. The highest BCUT2D eigenvalue weighted by Gasteiger charge is 2.51. The maximum atomic E-state index is 14.0. The Hall–Kier alpha value is -2.05. The minimum absolute atomic E-state index is 0.0315. The summed E-state index contributed by atoms with van der Waals surface area (Å²) in [5.74, 6) is -2.74. The van der Waals surface area contributed by atoms with Gasteiger partial charge in [0.2, 0.25) is 10.0 Å². The summed E-state index contributed by atoms with van der Waals surface area (Å²) in [5, 5.41) is 17.9. The molecule has 1 aliphatic heterocycles. The van der Waals surface area contributed by atoms with Crippen molar-refractivity contribution in [3.63, 3.8) is 0 Å². The lowest BCUT2D eigenvalue weighted by atomic mass is 9.94. The molecule has 3 N–H and O–H groups in total. The minimum Gasteiger partial charge on any atom is -0.463 e. The van der Waals surface area contributed by atoms with Crippen LogP contribution in [0.25, 0.3) is 0 Å². The number of benzene rings is 1. The van der Waals surface area contributed by atoms with Gasteiger partial charge in [0.25, 0.3) is 0 Å². The number of hydrogen-bond acceptors (Lipinski definition) is 8. The van der Waals surface area contributed by atoms with Crippen LogP contribution in [0.4, 0.5) is 10.1 Å². The molecule has 1 spiro atoms. The van der Waals surface area contributed by atoms with Crippen LogP contribution < -0.4 is 4.72 Å². The van der Waals surface area contributed by atoms with Crippen molar-refractivity contribution in [1.82, 2.24) is 0 Å². The third kappa shape index (κ3) is 7.29. The van der Waals surface area contributed by atoms with Crippen LogP contribution in [0.15, 0.2) is 29.8 Å². The van der Waals surface area contributed by atoms with Crippen molar-refractivity contribution in [2.75, 3.05) is 24.5 Å². The molecule has 0 saturated carbocycles. The van der Waals surface area contributed by atoms with E-state index in [0.29, 0.717) is 12.0 Å². The average molecular weight is 544 g/mol. The maximum absolute atomic E-state index is 14.0. The van der Waals surface area contributed by atoms with Crippen LogP contribution in [0, 0.1) is 5.82 Å². The van der Waals surface area contributed by atoms with Crippen LogP contribution in [0.3, 0.4) is 0 Å². The van der Waals surface area contributed by atoms with Crippen LogP contribution >= 0.6 is 0 Å². The monoisotopic (exact) mass is 543 g/mol. The van der Waals surface area contributed by atoms with E-state index in [2.05, 4.69) is 11.6 Å². The largest absolute Gasteiger partial charge is 0.463 e. The van der Waals surface area contributed by atoms with E-state index < -0.39 is 58.3 Å². The van der Waals surface area contributed by atoms with E-state index in [1.165, 1.54) is 24.3 Å². The predicted molar refractivity (Wildman–Crippen MR) is 136 cm³/mol.